The first kappa shape index (κ1) is 12.6. The lowest BCUT2D eigenvalue weighted by atomic mass is 10.1. The summed E-state index contributed by atoms with van der Waals surface area (Å²) in [7, 11) is 0. The summed E-state index contributed by atoms with van der Waals surface area (Å²) in [5.74, 6) is -0.0635. The van der Waals surface area contributed by atoms with Crippen molar-refractivity contribution in [1.82, 2.24) is 0 Å². The van der Waals surface area contributed by atoms with Gasteiger partial charge in [-0.1, -0.05) is 29.8 Å². The maximum Gasteiger partial charge on any atom is 0.303 e. The summed E-state index contributed by atoms with van der Waals surface area (Å²) in [4.78, 5) is 14.9. The average molecular weight is 247 g/mol. The van der Waals surface area contributed by atoms with Crippen molar-refractivity contribution in [3.8, 4) is 0 Å². The molecular formula is C14H17NO3. The zero-order chi connectivity index (χ0) is 13.0. The molecule has 0 saturated carbocycles. The highest BCUT2D eigenvalue weighted by atomic mass is 16.5. The van der Waals surface area contributed by atoms with Gasteiger partial charge in [-0.2, -0.15) is 0 Å². The second-order valence-corrected chi connectivity index (χ2v) is 4.58. The van der Waals surface area contributed by atoms with Gasteiger partial charge in [0.2, 0.25) is 0 Å². The van der Waals surface area contributed by atoms with E-state index >= 15 is 0 Å². The molecule has 18 heavy (non-hydrogen) atoms. The van der Waals surface area contributed by atoms with Crippen molar-refractivity contribution < 1.29 is 14.6 Å². The predicted molar refractivity (Wildman–Crippen MR) is 68.9 cm³/mol. The number of carboxylic acids is 1. The van der Waals surface area contributed by atoms with E-state index in [1.54, 1.807) is 0 Å². The van der Waals surface area contributed by atoms with E-state index in [0.717, 1.165) is 0 Å². The van der Waals surface area contributed by atoms with E-state index in [1.807, 2.05) is 0 Å². The summed E-state index contributed by atoms with van der Waals surface area (Å²) in [6.45, 7) is 2.56. The number of hydrogen-bond acceptors (Lipinski definition) is 3. The lowest BCUT2D eigenvalue weighted by molar-refractivity contribution is -0.137. The molecule has 0 spiro atoms. The van der Waals surface area contributed by atoms with Crippen LogP contribution in [0, 0.1) is 6.92 Å². The molecule has 0 saturated heterocycles. The van der Waals surface area contributed by atoms with E-state index in [-0.39, 0.29) is 12.5 Å². The predicted octanol–water partition coefficient (Wildman–Crippen LogP) is 2.20. The van der Waals surface area contributed by atoms with Crippen LogP contribution in [0.15, 0.2) is 29.3 Å². The van der Waals surface area contributed by atoms with Gasteiger partial charge < -0.3 is 9.84 Å². The van der Waals surface area contributed by atoms with E-state index < -0.39 is 5.97 Å². The van der Waals surface area contributed by atoms with Gasteiger partial charge in [-0.15, -0.1) is 0 Å². The molecule has 2 rings (SSSR count). The minimum atomic E-state index is -0.780. The molecule has 1 heterocycles. The molecule has 0 aliphatic carbocycles. The van der Waals surface area contributed by atoms with Crippen molar-refractivity contribution in [2.75, 3.05) is 6.61 Å². The number of carboxylic acid groups (broad SMARTS) is 1. The van der Waals surface area contributed by atoms with E-state index in [2.05, 4.69) is 36.2 Å². The summed E-state index contributed by atoms with van der Waals surface area (Å²) in [6, 6.07) is 8.25. The molecule has 0 amide bonds. The quantitative estimate of drug-likeness (QED) is 0.867. The molecule has 1 unspecified atom stereocenters. The van der Waals surface area contributed by atoms with Crippen LogP contribution in [0.4, 0.5) is 0 Å². The smallest absolute Gasteiger partial charge is 0.303 e. The third-order valence-electron chi connectivity index (χ3n) is 2.94. The molecule has 1 aromatic carbocycles. The topological polar surface area (TPSA) is 58.9 Å². The summed E-state index contributed by atoms with van der Waals surface area (Å²) in [6.07, 6.45) is 1.38. The van der Waals surface area contributed by atoms with Crippen molar-refractivity contribution in [1.29, 1.82) is 0 Å². The Morgan fingerprint density at radius 3 is 2.83 bits per heavy atom. The summed E-state index contributed by atoms with van der Waals surface area (Å²) in [5.41, 5.74) is 2.39. The SMILES string of the molecule is Cc1ccc(CC2=NC(CCC(=O)O)CO2)cc1. The summed E-state index contributed by atoms with van der Waals surface area (Å²) in [5, 5.41) is 8.61. The molecule has 1 N–H and O–H groups in total. The first-order valence-electron chi connectivity index (χ1n) is 6.10. The normalized spacial score (nSPS) is 18.3. The average Bonchev–Trinajstić information content (AvgIpc) is 2.77. The number of rotatable bonds is 5. The Labute approximate surface area is 106 Å². The molecule has 4 heteroatoms. The molecule has 0 aromatic heterocycles. The van der Waals surface area contributed by atoms with Crippen LogP contribution >= 0.6 is 0 Å². The number of aliphatic carboxylic acids is 1. The zero-order valence-electron chi connectivity index (χ0n) is 10.4. The Balaban J connectivity index is 1.88. The maximum atomic E-state index is 10.5. The van der Waals surface area contributed by atoms with Gasteiger partial charge in [-0.05, 0) is 18.9 Å². The highest BCUT2D eigenvalue weighted by Crippen LogP contribution is 2.14. The minimum absolute atomic E-state index is 0.00143. The van der Waals surface area contributed by atoms with Gasteiger partial charge in [0.05, 0.1) is 6.04 Å². The molecule has 1 aliphatic heterocycles. The number of carbonyl (C=O) groups is 1. The highest BCUT2D eigenvalue weighted by Gasteiger charge is 2.19. The van der Waals surface area contributed by atoms with Crippen LogP contribution in [-0.2, 0) is 16.0 Å². The fraction of sp³-hybridized carbons (Fsp3) is 0.429. The minimum Gasteiger partial charge on any atom is -0.481 e. The molecule has 0 fully saturated rings. The molecule has 96 valence electrons. The second-order valence-electron chi connectivity index (χ2n) is 4.58. The van der Waals surface area contributed by atoms with E-state index in [0.29, 0.717) is 25.3 Å². The lowest BCUT2D eigenvalue weighted by Crippen LogP contribution is -2.09. The van der Waals surface area contributed by atoms with Gasteiger partial charge in [0, 0.05) is 12.8 Å². The van der Waals surface area contributed by atoms with E-state index in [1.165, 1.54) is 11.1 Å². The summed E-state index contributed by atoms with van der Waals surface area (Å²) < 4.78 is 5.49. The Morgan fingerprint density at radius 1 is 1.44 bits per heavy atom. The van der Waals surface area contributed by atoms with Crippen LogP contribution in [0.2, 0.25) is 0 Å². The first-order valence-corrected chi connectivity index (χ1v) is 6.10. The van der Waals surface area contributed by atoms with Crippen molar-refractivity contribution in [2.45, 2.75) is 32.2 Å². The van der Waals surface area contributed by atoms with Crippen molar-refractivity contribution in [2.24, 2.45) is 4.99 Å². The van der Waals surface area contributed by atoms with Crippen molar-refractivity contribution in [3.63, 3.8) is 0 Å². The fourth-order valence-electron chi connectivity index (χ4n) is 1.89. The second kappa shape index (κ2) is 5.67. The third kappa shape index (κ3) is 3.58. The van der Waals surface area contributed by atoms with Crippen LogP contribution in [0.25, 0.3) is 0 Å². The van der Waals surface area contributed by atoms with Gasteiger partial charge in [0.15, 0.2) is 5.90 Å². The Hall–Kier alpha value is -1.84. The van der Waals surface area contributed by atoms with Crippen LogP contribution in [0.5, 0.6) is 0 Å². The number of aryl methyl sites for hydroxylation is 1. The van der Waals surface area contributed by atoms with Gasteiger partial charge in [0.1, 0.15) is 6.61 Å². The Bertz CT molecular complexity index is 451. The van der Waals surface area contributed by atoms with Gasteiger partial charge in [0.25, 0.3) is 0 Å². The van der Waals surface area contributed by atoms with Crippen LogP contribution in [0.1, 0.15) is 24.0 Å². The number of nitrogens with zero attached hydrogens (tertiary/aromatic N) is 1. The Morgan fingerprint density at radius 2 is 2.17 bits per heavy atom. The monoisotopic (exact) mass is 247 g/mol. The largest absolute Gasteiger partial charge is 0.481 e. The molecular weight excluding hydrogens is 230 g/mol. The lowest BCUT2D eigenvalue weighted by Gasteiger charge is -2.02. The van der Waals surface area contributed by atoms with Crippen LogP contribution in [0.3, 0.4) is 0 Å². The Kier molecular flexibility index (Phi) is 3.97. The molecule has 0 radical (unpaired) electrons. The summed E-state index contributed by atoms with van der Waals surface area (Å²) >= 11 is 0. The number of benzene rings is 1. The standard InChI is InChI=1S/C14H17NO3/c1-10-2-4-11(5-3-10)8-13-15-12(9-18-13)6-7-14(16)17/h2-5,12H,6-9H2,1H3,(H,16,17). The van der Waals surface area contributed by atoms with E-state index in [4.69, 9.17) is 9.84 Å². The van der Waals surface area contributed by atoms with Crippen LogP contribution < -0.4 is 0 Å². The van der Waals surface area contributed by atoms with Crippen LogP contribution in [-0.4, -0.2) is 29.6 Å². The van der Waals surface area contributed by atoms with Crippen molar-refractivity contribution >= 4 is 11.9 Å². The first-order chi connectivity index (χ1) is 8.63. The van der Waals surface area contributed by atoms with Gasteiger partial charge in [-0.25, -0.2) is 4.99 Å². The van der Waals surface area contributed by atoms with Gasteiger partial charge >= 0.3 is 5.97 Å². The van der Waals surface area contributed by atoms with Crippen molar-refractivity contribution in [3.05, 3.63) is 35.4 Å². The van der Waals surface area contributed by atoms with Gasteiger partial charge in [-0.3, -0.25) is 4.79 Å². The molecule has 4 nitrogen and oxygen atoms in total. The molecule has 1 aromatic rings. The number of aliphatic imine (C=N–C) groups is 1. The number of ether oxygens (including phenoxy) is 1. The zero-order valence-corrected chi connectivity index (χ0v) is 10.4. The highest BCUT2D eigenvalue weighted by molar-refractivity contribution is 5.80. The third-order valence-corrected chi connectivity index (χ3v) is 2.94. The molecule has 0 bridgehead atoms. The maximum absolute atomic E-state index is 10.5. The van der Waals surface area contributed by atoms with E-state index in [9.17, 15) is 4.79 Å². The molecule has 1 aliphatic rings. The fourth-order valence-corrected chi connectivity index (χ4v) is 1.89. The molecule has 1 atom stereocenters. The number of hydrogen-bond donors (Lipinski definition) is 1.